The number of anilines is 1. The lowest BCUT2D eigenvalue weighted by atomic mass is 10.1. The first-order chi connectivity index (χ1) is 14.9. The summed E-state index contributed by atoms with van der Waals surface area (Å²) in [7, 11) is 1.88. The highest BCUT2D eigenvalue weighted by Gasteiger charge is 2.34. The quantitative estimate of drug-likeness (QED) is 0.570. The van der Waals surface area contributed by atoms with Crippen LogP contribution in [0.5, 0.6) is 0 Å². The van der Waals surface area contributed by atoms with E-state index in [9.17, 15) is 9.59 Å². The van der Waals surface area contributed by atoms with Crippen molar-refractivity contribution in [3.05, 3.63) is 52.3 Å². The van der Waals surface area contributed by atoms with Crippen LogP contribution in [0.15, 0.2) is 34.8 Å². The van der Waals surface area contributed by atoms with E-state index in [0.29, 0.717) is 22.4 Å². The van der Waals surface area contributed by atoms with Crippen LogP contribution in [0.2, 0.25) is 0 Å². The number of hydrogen-bond donors (Lipinski definition) is 1. The molecule has 1 aliphatic heterocycles. The van der Waals surface area contributed by atoms with Gasteiger partial charge in [-0.25, -0.2) is 4.98 Å². The van der Waals surface area contributed by atoms with E-state index in [-0.39, 0.29) is 23.6 Å². The second kappa shape index (κ2) is 9.19. The molecule has 1 atom stereocenters. The van der Waals surface area contributed by atoms with Crippen molar-refractivity contribution < 1.29 is 9.59 Å². The monoisotopic (exact) mass is 456 g/mol. The molecule has 1 aliphatic rings. The van der Waals surface area contributed by atoms with Gasteiger partial charge < -0.3 is 14.8 Å². The van der Waals surface area contributed by atoms with Crippen molar-refractivity contribution in [3.8, 4) is 0 Å². The fourth-order valence-corrected chi connectivity index (χ4v) is 5.08. The highest BCUT2D eigenvalue weighted by atomic mass is 32.2. The molecule has 162 valence electrons. The smallest absolute Gasteiger partial charge is 0.254 e. The number of benzene rings is 1. The fraction of sp³-hybridized carbons (Fsp3) is 0.381. The van der Waals surface area contributed by atoms with Crippen LogP contribution in [0, 0.1) is 13.8 Å². The predicted molar refractivity (Wildman–Crippen MR) is 121 cm³/mol. The Morgan fingerprint density at radius 1 is 1.29 bits per heavy atom. The van der Waals surface area contributed by atoms with Crippen molar-refractivity contribution in [1.82, 2.24) is 24.6 Å². The average Bonchev–Trinajstić information content (AvgIpc) is 3.46. The molecular weight excluding hydrogens is 432 g/mol. The van der Waals surface area contributed by atoms with E-state index in [0.717, 1.165) is 29.9 Å². The third kappa shape index (κ3) is 4.80. The number of nitrogens with one attached hydrogen (secondary N) is 1. The van der Waals surface area contributed by atoms with Crippen molar-refractivity contribution >= 4 is 40.0 Å². The van der Waals surface area contributed by atoms with Gasteiger partial charge in [-0.3, -0.25) is 9.59 Å². The van der Waals surface area contributed by atoms with E-state index in [1.54, 1.807) is 0 Å². The van der Waals surface area contributed by atoms with E-state index in [1.165, 1.54) is 23.1 Å². The zero-order valence-corrected chi connectivity index (χ0v) is 19.3. The Labute approximate surface area is 189 Å². The van der Waals surface area contributed by atoms with Crippen molar-refractivity contribution in [2.45, 2.75) is 37.9 Å². The van der Waals surface area contributed by atoms with Gasteiger partial charge in [0.05, 0.1) is 17.5 Å². The van der Waals surface area contributed by atoms with Gasteiger partial charge in [-0.2, -0.15) is 0 Å². The van der Waals surface area contributed by atoms with Gasteiger partial charge >= 0.3 is 0 Å². The highest BCUT2D eigenvalue weighted by Crippen LogP contribution is 2.33. The summed E-state index contributed by atoms with van der Waals surface area (Å²) in [6.07, 6.45) is 1.77. The fourth-order valence-electron chi connectivity index (χ4n) is 3.66. The maximum absolute atomic E-state index is 13.1. The number of thioether (sulfide) groups is 1. The Bertz CT molecular complexity index is 1110. The van der Waals surface area contributed by atoms with Crippen molar-refractivity contribution in [1.29, 1.82) is 0 Å². The van der Waals surface area contributed by atoms with Crippen LogP contribution >= 0.6 is 23.1 Å². The molecule has 0 radical (unpaired) electrons. The predicted octanol–water partition coefficient (Wildman–Crippen LogP) is 3.60. The minimum Gasteiger partial charge on any atom is -0.328 e. The van der Waals surface area contributed by atoms with Crippen LogP contribution in [0.3, 0.4) is 0 Å². The summed E-state index contributed by atoms with van der Waals surface area (Å²) >= 11 is 2.72. The van der Waals surface area contributed by atoms with E-state index in [1.807, 2.05) is 60.0 Å². The molecule has 8 nitrogen and oxygen atoms in total. The normalized spacial score (nSPS) is 16.0. The molecule has 1 aromatic carbocycles. The summed E-state index contributed by atoms with van der Waals surface area (Å²) in [5.41, 5.74) is 2.63. The van der Waals surface area contributed by atoms with Gasteiger partial charge in [0, 0.05) is 24.5 Å². The van der Waals surface area contributed by atoms with Gasteiger partial charge in [0.2, 0.25) is 5.91 Å². The zero-order valence-electron chi connectivity index (χ0n) is 17.7. The molecule has 0 saturated carbocycles. The molecule has 1 saturated heterocycles. The number of hydrogen-bond acceptors (Lipinski definition) is 7. The van der Waals surface area contributed by atoms with Gasteiger partial charge in [0.1, 0.15) is 0 Å². The summed E-state index contributed by atoms with van der Waals surface area (Å²) in [5, 5.41) is 14.6. The third-order valence-corrected chi connectivity index (χ3v) is 7.04. The molecule has 1 fully saturated rings. The number of amides is 2. The molecule has 2 aromatic heterocycles. The topological polar surface area (TPSA) is 93.0 Å². The summed E-state index contributed by atoms with van der Waals surface area (Å²) in [4.78, 5) is 31.4. The van der Waals surface area contributed by atoms with Gasteiger partial charge in [0.15, 0.2) is 16.1 Å². The second-order valence-electron chi connectivity index (χ2n) is 7.56. The minimum atomic E-state index is -0.138. The van der Waals surface area contributed by atoms with E-state index in [4.69, 9.17) is 0 Å². The summed E-state index contributed by atoms with van der Waals surface area (Å²) in [6, 6.07) is 7.54. The van der Waals surface area contributed by atoms with Gasteiger partial charge in [-0.05, 0) is 38.8 Å². The molecular formula is C21H24N6O2S2. The standard InChI is InChI=1S/C21H24N6O2S2/c1-13-6-4-7-15(10-13)19(29)27-9-5-8-16(27)18-24-25-21(26(18)3)31-12-17(28)23-20-22-14(2)11-30-20/h4,6-7,10-11,16H,5,8-9,12H2,1-3H3,(H,22,23,28). The number of nitrogens with zero attached hydrogens (tertiary/aromatic N) is 5. The highest BCUT2D eigenvalue weighted by molar-refractivity contribution is 7.99. The Kier molecular flexibility index (Phi) is 6.38. The van der Waals surface area contributed by atoms with Gasteiger partial charge in [0.25, 0.3) is 5.91 Å². The zero-order chi connectivity index (χ0) is 22.0. The lowest BCUT2D eigenvalue weighted by Crippen LogP contribution is -2.32. The molecule has 0 aliphatic carbocycles. The molecule has 2 amide bonds. The molecule has 10 heteroatoms. The SMILES string of the molecule is Cc1cccc(C(=O)N2CCCC2c2nnc(SCC(=O)Nc3nc(C)cs3)n2C)c1. The number of carbonyl (C=O) groups excluding carboxylic acids is 2. The second-order valence-corrected chi connectivity index (χ2v) is 9.36. The van der Waals surface area contributed by atoms with Crippen LogP contribution in [0.1, 0.15) is 46.3 Å². The number of carbonyl (C=O) groups is 2. The Morgan fingerprint density at radius 3 is 2.87 bits per heavy atom. The molecule has 0 spiro atoms. The van der Waals surface area contributed by atoms with Gasteiger partial charge in [-0.1, -0.05) is 29.5 Å². The van der Waals surface area contributed by atoms with Gasteiger partial charge in [-0.15, -0.1) is 21.5 Å². The Balaban J connectivity index is 1.43. The van der Waals surface area contributed by atoms with Crippen LogP contribution in [-0.4, -0.2) is 48.8 Å². The molecule has 0 bridgehead atoms. The number of thiazole rings is 1. The minimum absolute atomic E-state index is 0.0153. The summed E-state index contributed by atoms with van der Waals surface area (Å²) in [5.74, 6) is 0.834. The van der Waals surface area contributed by atoms with E-state index < -0.39 is 0 Å². The van der Waals surface area contributed by atoms with Crippen molar-refractivity contribution in [2.24, 2.45) is 7.05 Å². The number of aryl methyl sites for hydroxylation is 2. The first kappa shape index (κ1) is 21.5. The molecule has 3 heterocycles. The van der Waals surface area contributed by atoms with Crippen molar-refractivity contribution in [2.75, 3.05) is 17.6 Å². The first-order valence-electron chi connectivity index (χ1n) is 10.0. The van der Waals surface area contributed by atoms with E-state index >= 15 is 0 Å². The van der Waals surface area contributed by atoms with E-state index in [2.05, 4.69) is 20.5 Å². The number of rotatable bonds is 6. The number of likely N-dealkylation sites (tertiary alicyclic amines) is 1. The summed E-state index contributed by atoms with van der Waals surface area (Å²) in [6.45, 7) is 4.57. The van der Waals surface area contributed by atoms with Crippen LogP contribution in [-0.2, 0) is 11.8 Å². The number of aromatic nitrogens is 4. The third-order valence-electron chi connectivity index (χ3n) is 5.14. The van der Waals surface area contributed by atoms with Crippen LogP contribution in [0.25, 0.3) is 0 Å². The molecule has 1 N–H and O–H groups in total. The maximum Gasteiger partial charge on any atom is 0.254 e. The van der Waals surface area contributed by atoms with Crippen LogP contribution in [0.4, 0.5) is 5.13 Å². The Hall–Kier alpha value is -2.72. The lowest BCUT2D eigenvalue weighted by molar-refractivity contribution is -0.113. The molecule has 1 unspecified atom stereocenters. The lowest BCUT2D eigenvalue weighted by Gasteiger charge is -2.24. The maximum atomic E-state index is 13.1. The largest absolute Gasteiger partial charge is 0.328 e. The molecule has 4 rings (SSSR count). The average molecular weight is 457 g/mol. The van der Waals surface area contributed by atoms with Crippen LogP contribution < -0.4 is 5.32 Å². The summed E-state index contributed by atoms with van der Waals surface area (Å²) < 4.78 is 1.89. The molecule has 31 heavy (non-hydrogen) atoms. The molecule has 3 aromatic rings. The first-order valence-corrected chi connectivity index (χ1v) is 11.9. The Morgan fingerprint density at radius 2 is 2.13 bits per heavy atom. The van der Waals surface area contributed by atoms with Crippen molar-refractivity contribution in [3.63, 3.8) is 0 Å².